The van der Waals surface area contributed by atoms with Gasteiger partial charge in [-0.25, -0.2) is 14.5 Å². The zero-order chi connectivity index (χ0) is 16.6. The van der Waals surface area contributed by atoms with Crippen LogP contribution in [-0.2, 0) is 4.74 Å². The number of hydrogen-bond acceptors (Lipinski definition) is 9. The number of aromatic nitrogens is 4. The molecule has 5 N–H and O–H groups in total. The van der Waals surface area contributed by atoms with Crippen LogP contribution in [0.25, 0.3) is 11.2 Å². The molecule has 10 nitrogen and oxygen atoms in total. The van der Waals surface area contributed by atoms with Crippen molar-refractivity contribution in [2.24, 2.45) is 0 Å². The van der Waals surface area contributed by atoms with E-state index in [0.29, 0.717) is 0 Å². The number of aliphatic hydroxyl groups excluding tert-OH is 3. The van der Waals surface area contributed by atoms with E-state index < -0.39 is 31.1 Å². The van der Waals surface area contributed by atoms with Crippen molar-refractivity contribution < 1.29 is 24.8 Å². The number of nitrogens with two attached hydrogens (primary N) is 1. The number of hydrogen-bond donors (Lipinski definition) is 4. The number of fused-ring (bicyclic) bond motifs is 1. The van der Waals surface area contributed by atoms with Gasteiger partial charge in [0.05, 0.1) is 6.61 Å². The maximum Gasteiger partial charge on any atom is 0.301 e. The van der Waals surface area contributed by atoms with Gasteiger partial charge in [0.1, 0.15) is 31.2 Å². The van der Waals surface area contributed by atoms with Crippen molar-refractivity contribution in [3.05, 3.63) is 19.0 Å². The van der Waals surface area contributed by atoms with Crippen molar-refractivity contribution in [1.29, 1.82) is 0 Å². The molecular formula is C13H17N5O5. The van der Waals surface area contributed by atoms with Crippen LogP contribution in [0.4, 0.5) is 5.82 Å². The number of imidazole rings is 1. The van der Waals surface area contributed by atoms with Gasteiger partial charge in [0.2, 0.25) is 0 Å². The molecule has 124 valence electrons. The normalized spacial score (nSPS) is 27.4. The average Bonchev–Trinajstić information content (AvgIpc) is 3.05. The van der Waals surface area contributed by atoms with Crippen molar-refractivity contribution in [3.8, 4) is 6.01 Å². The van der Waals surface area contributed by atoms with Gasteiger partial charge in [-0.15, -0.1) is 0 Å². The SMILES string of the molecule is C=CCOc1nc2c(N)ncnc2n1C1OC(CO)C(O)C1O. The highest BCUT2D eigenvalue weighted by Crippen LogP contribution is 2.35. The molecular weight excluding hydrogens is 306 g/mol. The Labute approximate surface area is 130 Å². The fourth-order valence-electron chi connectivity index (χ4n) is 2.46. The van der Waals surface area contributed by atoms with Crippen molar-refractivity contribution in [3.63, 3.8) is 0 Å². The largest absolute Gasteiger partial charge is 0.460 e. The molecule has 4 unspecified atom stereocenters. The van der Waals surface area contributed by atoms with Gasteiger partial charge in [0.25, 0.3) is 0 Å². The molecule has 1 aliphatic heterocycles. The number of nitrogens with zero attached hydrogens (tertiary/aromatic N) is 4. The summed E-state index contributed by atoms with van der Waals surface area (Å²) in [7, 11) is 0. The molecule has 3 rings (SSSR count). The second-order valence-electron chi connectivity index (χ2n) is 5.02. The summed E-state index contributed by atoms with van der Waals surface area (Å²) in [5, 5.41) is 29.4. The van der Waals surface area contributed by atoms with E-state index in [0.717, 1.165) is 0 Å². The van der Waals surface area contributed by atoms with Gasteiger partial charge < -0.3 is 30.5 Å². The summed E-state index contributed by atoms with van der Waals surface area (Å²) in [6.07, 6.45) is -1.76. The van der Waals surface area contributed by atoms with Crippen LogP contribution in [0.15, 0.2) is 19.0 Å². The summed E-state index contributed by atoms with van der Waals surface area (Å²) in [6, 6.07) is 0.0851. The summed E-state index contributed by atoms with van der Waals surface area (Å²) in [5.74, 6) is 0.143. The van der Waals surface area contributed by atoms with Crippen molar-refractivity contribution in [1.82, 2.24) is 19.5 Å². The van der Waals surface area contributed by atoms with Gasteiger partial charge in [-0.2, -0.15) is 4.98 Å². The standard InChI is InChI=1S/C13H17N5O5/c1-2-3-22-13-17-7-10(14)15-5-16-11(7)18(13)12-9(21)8(20)6(4-19)23-12/h2,5-6,8-9,12,19-21H,1,3-4H2,(H2,14,15,16). The lowest BCUT2D eigenvalue weighted by Gasteiger charge is -2.18. The third kappa shape index (κ3) is 2.51. The number of ether oxygens (including phenoxy) is 2. The average molecular weight is 323 g/mol. The Hall–Kier alpha value is -2.27. The zero-order valence-electron chi connectivity index (χ0n) is 12.1. The molecule has 0 radical (unpaired) electrons. The first-order valence-corrected chi connectivity index (χ1v) is 6.93. The van der Waals surface area contributed by atoms with Crippen LogP contribution in [0, 0.1) is 0 Å². The summed E-state index contributed by atoms with van der Waals surface area (Å²) in [6.45, 7) is 3.27. The Morgan fingerprint density at radius 2 is 2.17 bits per heavy atom. The van der Waals surface area contributed by atoms with E-state index in [2.05, 4.69) is 21.5 Å². The monoisotopic (exact) mass is 323 g/mol. The van der Waals surface area contributed by atoms with E-state index in [4.69, 9.17) is 15.2 Å². The first-order chi connectivity index (χ1) is 11.1. The maximum absolute atomic E-state index is 10.2. The molecule has 23 heavy (non-hydrogen) atoms. The Balaban J connectivity index is 2.11. The molecule has 1 aliphatic rings. The number of rotatable bonds is 5. The van der Waals surface area contributed by atoms with E-state index in [-0.39, 0.29) is 29.6 Å². The molecule has 0 amide bonds. The highest BCUT2D eigenvalue weighted by molar-refractivity contribution is 5.82. The van der Waals surface area contributed by atoms with E-state index in [1.807, 2.05) is 0 Å². The highest BCUT2D eigenvalue weighted by atomic mass is 16.6. The van der Waals surface area contributed by atoms with Crippen LogP contribution in [0.2, 0.25) is 0 Å². The molecule has 0 aliphatic carbocycles. The third-order valence-electron chi connectivity index (χ3n) is 3.57. The lowest BCUT2D eigenvalue weighted by Crippen LogP contribution is -2.33. The van der Waals surface area contributed by atoms with E-state index in [9.17, 15) is 15.3 Å². The molecule has 0 bridgehead atoms. The Bertz CT molecular complexity index is 720. The molecule has 0 saturated carbocycles. The van der Waals surface area contributed by atoms with Crippen LogP contribution < -0.4 is 10.5 Å². The quantitative estimate of drug-likeness (QED) is 0.486. The summed E-state index contributed by atoms with van der Waals surface area (Å²) < 4.78 is 12.4. The minimum absolute atomic E-state index is 0.0851. The Kier molecular flexibility index (Phi) is 4.13. The van der Waals surface area contributed by atoms with E-state index >= 15 is 0 Å². The van der Waals surface area contributed by atoms with Crippen LogP contribution in [0.3, 0.4) is 0 Å². The molecule has 10 heteroatoms. The fourth-order valence-corrected chi connectivity index (χ4v) is 2.46. The van der Waals surface area contributed by atoms with Crippen LogP contribution in [0.1, 0.15) is 6.23 Å². The smallest absolute Gasteiger partial charge is 0.301 e. The summed E-state index contributed by atoms with van der Waals surface area (Å²) in [5.41, 5.74) is 6.35. The second-order valence-corrected chi connectivity index (χ2v) is 5.02. The van der Waals surface area contributed by atoms with Gasteiger partial charge in [0.15, 0.2) is 23.2 Å². The van der Waals surface area contributed by atoms with Gasteiger partial charge in [-0.1, -0.05) is 12.7 Å². The Morgan fingerprint density at radius 3 is 2.83 bits per heavy atom. The van der Waals surface area contributed by atoms with Crippen LogP contribution in [-0.4, -0.2) is 66.4 Å². The zero-order valence-corrected chi connectivity index (χ0v) is 12.1. The van der Waals surface area contributed by atoms with Crippen molar-refractivity contribution in [2.75, 3.05) is 18.9 Å². The van der Waals surface area contributed by atoms with E-state index in [1.54, 1.807) is 0 Å². The van der Waals surface area contributed by atoms with Gasteiger partial charge in [0, 0.05) is 0 Å². The molecule has 0 spiro atoms. The second kappa shape index (κ2) is 6.08. The molecule has 3 heterocycles. The molecule has 0 aromatic carbocycles. The number of nitrogen functional groups attached to an aromatic ring is 1. The first kappa shape index (κ1) is 15.6. The number of aliphatic hydroxyl groups is 3. The lowest BCUT2D eigenvalue weighted by molar-refractivity contribution is -0.0540. The Morgan fingerprint density at radius 1 is 1.39 bits per heavy atom. The van der Waals surface area contributed by atoms with Crippen molar-refractivity contribution >= 4 is 17.0 Å². The molecule has 4 atom stereocenters. The first-order valence-electron chi connectivity index (χ1n) is 6.93. The van der Waals surface area contributed by atoms with Crippen LogP contribution >= 0.6 is 0 Å². The van der Waals surface area contributed by atoms with Gasteiger partial charge in [-0.05, 0) is 0 Å². The minimum Gasteiger partial charge on any atom is -0.460 e. The van der Waals surface area contributed by atoms with E-state index in [1.165, 1.54) is 17.0 Å². The third-order valence-corrected chi connectivity index (χ3v) is 3.57. The maximum atomic E-state index is 10.2. The van der Waals surface area contributed by atoms with Crippen molar-refractivity contribution in [2.45, 2.75) is 24.5 Å². The topological polar surface area (TPSA) is 149 Å². The molecule has 2 aromatic heterocycles. The summed E-state index contributed by atoms with van der Waals surface area (Å²) >= 11 is 0. The number of anilines is 1. The fraction of sp³-hybridized carbons (Fsp3) is 0.462. The molecule has 1 saturated heterocycles. The van der Waals surface area contributed by atoms with Gasteiger partial charge in [-0.3, -0.25) is 0 Å². The predicted molar refractivity (Wildman–Crippen MR) is 78.4 cm³/mol. The lowest BCUT2D eigenvalue weighted by atomic mass is 10.1. The minimum atomic E-state index is -1.30. The van der Waals surface area contributed by atoms with Crippen LogP contribution in [0.5, 0.6) is 6.01 Å². The molecule has 1 fully saturated rings. The molecule has 2 aromatic rings. The summed E-state index contributed by atoms with van der Waals surface area (Å²) in [4.78, 5) is 12.2. The predicted octanol–water partition coefficient (Wildman–Crippen LogP) is -1.42. The highest BCUT2D eigenvalue weighted by Gasteiger charge is 2.45. The van der Waals surface area contributed by atoms with Gasteiger partial charge >= 0.3 is 6.01 Å².